The first kappa shape index (κ1) is 18.4. The minimum atomic E-state index is -4.64. The van der Waals surface area contributed by atoms with Crippen LogP contribution >= 0.6 is 0 Å². The van der Waals surface area contributed by atoms with Crippen molar-refractivity contribution in [2.24, 2.45) is 11.3 Å². The van der Waals surface area contributed by atoms with Gasteiger partial charge < -0.3 is 9.64 Å². The maximum Gasteiger partial charge on any atom is 0.453 e. The summed E-state index contributed by atoms with van der Waals surface area (Å²) in [6.07, 6.45) is -3.00. The van der Waals surface area contributed by atoms with Crippen LogP contribution in [0.25, 0.3) is 5.65 Å². The molecule has 0 saturated carbocycles. The minimum Gasteiger partial charge on any atom is -0.469 e. The summed E-state index contributed by atoms with van der Waals surface area (Å²) in [6.45, 7) is 4.80. The number of nitrogens with zero attached hydrogens (tertiary/aromatic N) is 5. The smallest absolute Gasteiger partial charge is 0.453 e. The van der Waals surface area contributed by atoms with E-state index in [2.05, 4.69) is 15.3 Å². The SMILES string of the molecule is COC(=O)C(C)(C)C1CCCN(c2ccc3nnc(C(F)(F)F)n3n2)C1. The van der Waals surface area contributed by atoms with Gasteiger partial charge in [-0.05, 0) is 44.7 Å². The number of aromatic nitrogens is 4. The van der Waals surface area contributed by atoms with E-state index in [4.69, 9.17) is 4.74 Å². The van der Waals surface area contributed by atoms with E-state index in [1.54, 1.807) is 6.07 Å². The Morgan fingerprint density at radius 2 is 2.00 bits per heavy atom. The number of hydrogen-bond donors (Lipinski definition) is 0. The Balaban J connectivity index is 1.90. The Bertz CT molecular complexity index is 818. The van der Waals surface area contributed by atoms with E-state index in [0.29, 0.717) is 23.4 Å². The zero-order valence-corrected chi connectivity index (χ0v) is 14.7. The molecule has 1 saturated heterocycles. The van der Waals surface area contributed by atoms with Gasteiger partial charge in [-0.1, -0.05) is 0 Å². The minimum absolute atomic E-state index is 0.00388. The van der Waals surface area contributed by atoms with Crippen molar-refractivity contribution in [2.75, 3.05) is 25.1 Å². The number of hydrogen-bond acceptors (Lipinski definition) is 6. The number of fused-ring (bicyclic) bond motifs is 1. The van der Waals surface area contributed by atoms with Crippen LogP contribution in [0.1, 0.15) is 32.5 Å². The second kappa shape index (κ2) is 6.40. The van der Waals surface area contributed by atoms with E-state index >= 15 is 0 Å². The number of ether oxygens (including phenoxy) is 1. The first-order chi connectivity index (χ1) is 12.1. The summed E-state index contributed by atoms with van der Waals surface area (Å²) in [5.74, 6) is -1.05. The second-order valence-electron chi connectivity index (χ2n) is 6.98. The molecule has 1 fully saturated rings. The topological polar surface area (TPSA) is 72.6 Å². The van der Waals surface area contributed by atoms with E-state index in [0.717, 1.165) is 12.8 Å². The predicted octanol–water partition coefficient (Wildman–Crippen LogP) is 2.56. The Labute approximate surface area is 148 Å². The highest BCUT2D eigenvalue weighted by atomic mass is 19.4. The van der Waals surface area contributed by atoms with Gasteiger partial charge in [0.05, 0.1) is 12.5 Å². The lowest BCUT2D eigenvalue weighted by Crippen LogP contribution is -2.45. The van der Waals surface area contributed by atoms with Crippen LogP contribution in [0.15, 0.2) is 12.1 Å². The summed E-state index contributed by atoms with van der Waals surface area (Å²) in [5, 5.41) is 10.8. The van der Waals surface area contributed by atoms with Gasteiger partial charge in [-0.25, -0.2) is 0 Å². The molecule has 0 radical (unpaired) electrons. The van der Waals surface area contributed by atoms with Crippen LogP contribution < -0.4 is 4.90 Å². The third-order valence-electron chi connectivity index (χ3n) is 4.98. The van der Waals surface area contributed by atoms with Crippen molar-refractivity contribution >= 4 is 17.4 Å². The molecule has 1 aliphatic rings. The zero-order chi connectivity index (χ0) is 19.1. The Hall–Kier alpha value is -2.39. The van der Waals surface area contributed by atoms with Crippen LogP contribution in [0.3, 0.4) is 0 Å². The average Bonchev–Trinajstić information content (AvgIpc) is 3.04. The molecule has 10 heteroatoms. The van der Waals surface area contributed by atoms with Crippen LogP contribution in [0.2, 0.25) is 0 Å². The summed E-state index contributed by atoms with van der Waals surface area (Å²) in [5.41, 5.74) is -0.657. The van der Waals surface area contributed by atoms with Crippen molar-refractivity contribution in [2.45, 2.75) is 32.9 Å². The number of halogens is 3. The lowest BCUT2D eigenvalue weighted by Gasteiger charge is -2.40. The normalized spacial score (nSPS) is 19.0. The van der Waals surface area contributed by atoms with Crippen molar-refractivity contribution in [1.29, 1.82) is 0 Å². The van der Waals surface area contributed by atoms with Crippen molar-refractivity contribution < 1.29 is 22.7 Å². The van der Waals surface area contributed by atoms with Crippen molar-refractivity contribution in [3.63, 3.8) is 0 Å². The summed E-state index contributed by atoms with van der Waals surface area (Å²) in [4.78, 5) is 14.0. The lowest BCUT2D eigenvalue weighted by molar-refractivity contribution is -0.154. The third-order valence-corrected chi connectivity index (χ3v) is 4.98. The van der Waals surface area contributed by atoms with E-state index < -0.39 is 17.4 Å². The maximum atomic E-state index is 13.0. The predicted molar refractivity (Wildman–Crippen MR) is 86.5 cm³/mol. The van der Waals surface area contributed by atoms with Gasteiger partial charge in [0.1, 0.15) is 5.82 Å². The van der Waals surface area contributed by atoms with Crippen molar-refractivity contribution in [3.8, 4) is 0 Å². The molecule has 26 heavy (non-hydrogen) atoms. The molecule has 1 aliphatic heterocycles. The second-order valence-corrected chi connectivity index (χ2v) is 6.98. The molecule has 1 unspecified atom stereocenters. The van der Waals surface area contributed by atoms with Gasteiger partial charge in [0, 0.05) is 13.1 Å². The van der Waals surface area contributed by atoms with E-state index in [1.807, 2.05) is 18.7 Å². The van der Waals surface area contributed by atoms with E-state index in [-0.39, 0.29) is 17.5 Å². The number of piperidine rings is 1. The molecule has 2 aromatic rings. The van der Waals surface area contributed by atoms with Gasteiger partial charge >= 0.3 is 12.1 Å². The number of esters is 1. The summed E-state index contributed by atoms with van der Waals surface area (Å²) in [7, 11) is 1.35. The Morgan fingerprint density at radius 3 is 2.65 bits per heavy atom. The molecule has 0 amide bonds. The fourth-order valence-corrected chi connectivity index (χ4v) is 3.33. The van der Waals surface area contributed by atoms with Crippen molar-refractivity contribution in [1.82, 2.24) is 19.8 Å². The molecule has 142 valence electrons. The maximum absolute atomic E-state index is 13.0. The van der Waals surface area contributed by atoms with E-state index in [1.165, 1.54) is 13.2 Å². The van der Waals surface area contributed by atoms with E-state index in [9.17, 15) is 18.0 Å². The zero-order valence-electron chi connectivity index (χ0n) is 14.7. The van der Waals surface area contributed by atoms with Crippen LogP contribution in [-0.4, -0.2) is 46.0 Å². The monoisotopic (exact) mass is 371 g/mol. The number of rotatable bonds is 3. The molecule has 0 aromatic carbocycles. The molecule has 3 rings (SSSR count). The van der Waals surface area contributed by atoms with Crippen LogP contribution in [0.5, 0.6) is 0 Å². The molecule has 2 aromatic heterocycles. The molecule has 0 spiro atoms. The first-order valence-electron chi connectivity index (χ1n) is 8.27. The molecule has 1 atom stereocenters. The molecule has 3 heterocycles. The molecular formula is C16H20F3N5O2. The largest absolute Gasteiger partial charge is 0.469 e. The van der Waals surface area contributed by atoms with Crippen LogP contribution in [-0.2, 0) is 15.7 Å². The highest BCUT2D eigenvalue weighted by molar-refractivity contribution is 5.76. The quantitative estimate of drug-likeness (QED) is 0.772. The Morgan fingerprint density at radius 1 is 1.27 bits per heavy atom. The number of carbonyl (C=O) groups is 1. The van der Waals surface area contributed by atoms with Gasteiger partial charge in [0.15, 0.2) is 5.65 Å². The van der Waals surface area contributed by atoms with Crippen molar-refractivity contribution in [3.05, 3.63) is 18.0 Å². The van der Waals surface area contributed by atoms with Gasteiger partial charge in [0.25, 0.3) is 5.82 Å². The fraction of sp³-hybridized carbons (Fsp3) is 0.625. The Kier molecular flexibility index (Phi) is 4.53. The van der Waals surface area contributed by atoms with Crippen LogP contribution in [0.4, 0.5) is 19.0 Å². The standard InChI is InChI=1S/C16H20F3N5O2/c1-15(2,14(25)26-3)10-5-4-8-23(9-10)12-7-6-11-20-21-13(16(17,18)19)24(11)22-12/h6-7,10H,4-5,8-9H2,1-3H3. The summed E-state index contributed by atoms with van der Waals surface area (Å²) >= 11 is 0. The third kappa shape index (κ3) is 3.19. The number of anilines is 1. The van der Waals surface area contributed by atoms with Gasteiger partial charge in [-0.2, -0.15) is 17.7 Å². The van der Waals surface area contributed by atoms with Gasteiger partial charge in [-0.3, -0.25) is 4.79 Å². The summed E-state index contributed by atoms with van der Waals surface area (Å²) in [6, 6.07) is 3.08. The average molecular weight is 371 g/mol. The van der Waals surface area contributed by atoms with Gasteiger partial charge in [-0.15, -0.1) is 15.3 Å². The fourth-order valence-electron chi connectivity index (χ4n) is 3.33. The summed E-state index contributed by atoms with van der Waals surface area (Å²) < 4.78 is 44.7. The first-order valence-corrected chi connectivity index (χ1v) is 8.27. The molecule has 0 N–H and O–H groups in total. The van der Waals surface area contributed by atoms with Crippen LogP contribution in [0, 0.1) is 11.3 Å². The van der Waals surface area contributed by atoms with Gasteiger partial charge in [0.2, 0.25) is 0 Å². The molecule has 0 bridgehead atoms. The number of carbonyl (C=O) groups excluding carboxylic acids is 1. The molecule has 0 aliphatic carbocycles. The highest BCUT2D eigenvalue weighted by Gasteiger charge is 2.41. The number of methoxy groups -OCH3 is 1. The highest BCUT2D eigenvalue weighted by Crippen LogP contribution is 2.36. The number of alkyl halides is 3. The lowest BCUT2D eigenvalue weighted by atomic mass is 9.74. The molecule has 7 nitrogen and oxygen atoms in total. The molecular weight excluding hydrogens is 351 g/mol.